The lowest BCUT2D eigenvalue weighted by Gasteiger charge is -1.97. The molecule has 0 radical (unpaired) electrons. The zero-order chi connectivity index (χ0) is 10.9. The molecular formula is C11H18N2OS. The zero-order valence-electron chi connectivity index (χ0n) is 9.15. The van der Waals surface area contributed by atoms with Crippen LogP contribution < -0.4 is 0 Å². The van der Waals surface area contributed by atoms with E-state index in [2.05, 4.69) is 17.1 Å². The van der Waals surface area contributed by atoms with Gasteiger partial charge < -0.3 is 5.21 Å². The average molecular weight is 226 g/mol. The fourth-order valence-electron chi connectivity index (χ4n) is 1.44. The molecule has 0 bridgehead atoms. The summed E-state index contributed by atoms with van der Waals surface area (Å²) >= 11 is 1.64. The van der Waals surface area contributed by atoms with Crippen LogP contribution in [0.4, 0.5) is 0 Å². The maximum atomic E-state index is 8.34. The first-order chi connectivity index (χ1) is 7.36. The number of nitrogens with zero attached hydrogens (tertiary/aromatic N) is 2. The molecule has 84 valence electrons. The van der Waals surface area contributed by atoms with Gasteiger partial charge in [0.05, 0.1) is 16.9 Å². The third-order valence-corrected chi connectivity index (χ3v) is 3.18. The Balaban J connectivity index is 2.19. The maximum Gasteiger partial charge on any atom is 0.0958 e. The van der Waals surface area contributed by atoms with Crippen LogP contribution in [0.25, 0.3) is 0 Å². The molecule has 0 atom stereocenters. The molecule has 0 saturated carbocycles. The molecule has 4 heteroatoms. The van der Waals surface area contributed by atoms with Crippen molar-refractivity contribution >= 4 is 17.6 Å². The Morgan fingerprint density at radius 3 is 2.93 bits per heavy atom. The number of thiazole rings is 1. The van der Waals surface area contributed by atoms with Crippen molar-refractivity contribution in [2.24, 2.45) is 5.16 Å². The van der Waals surface area contributed by atoms with E-state index in [1.54, 1.807) is 11.3 Å². The Morgan fingerprint density at radius 1 is 1.40 bits per heavy atom. The number of hydrogen-bond acceptors (Lipinski definition) is 4. The molecule has 1 rings (SSSR count). The summed E-state index contributed by atoms with van der Waals surface area (Å²) in [6.45, 7) is 2.22. The zero-order valence-corrected chi connectivity index (χ0v) is 9.96. The van der Waals surface area contributed by atoms with Gasteiger partial charge in [0.1, 0.15) is 0 Å². The van der Waals surface area contributed by atoms with Crippen molar-refractivity contribution in [1.82, 2.24) is 4.98 Å². The Morgan fingerprint density at radius 2 is 2.20 bits per heavy atom. The SMILES string of the molecule is CCCCCCCc1nc(/C=N\O)cs1. The van der Waals surface area contributed by atoms with Gasteiger partial charge in [-0.25, -0.2) is 4.98 Å². The molecule has 3 nitrogen and oxygen atoms in total. The summed E-state index contributed by atoms with van der Waals surface area (Å²) in [5.41, 5.74) is 0.756. The molecular weight excluding hydrogens is 208 g/mol. The van der Waals surface area contributed by atoms with E-state index >= 15 is 0 Å². The molecule has 0 amide bonds. The molecule has 1 aromatic rings. The average Bonchev–Trinajstić information content (AvgIpc) is 2.66. The summed E-state index contributed by atoms with van der Waals surface area (Å²) in [7, 11) is 0. The molecule has 0 saturated heterocycles. The lowest BCUT2D eigenvalue weighted by atomic mass is 10.1. The van der Waals surface area contributed by atoms with Crippen LogP contribution in [-0.2, 0) is 6.42 Å². The second-order valence-corrected chi connectivity index (χ2v) is 4.52. The summed E-state index contributed by atoms with van der Waals surface area (Å²) in [6.07, 6.45) is 8.87. The molecule has 0 unspecified atom stereocenters. The molecule has 1 N–H and O–H groups in total. The highest BCUT2D eigenvalue weighted by atomic mass is 32.1. The Hall–Kier alpha value is -0.900. The van der Waals surface area contributed by atoms with Gasteiger partial charge in [0.25, 0.3) is 0 Å². The van der Waals surface area contributed by atoms with Crippen LogP contribution in [0, 0.1) is 0 Å². The van der Waals surface area contributed by atoms with E-state index < -0.39 is 0 Å². The third-order valence-electron chi connectivity index (χ3n) is 2.25. The van der Waals surface area contributed by atoms with Gasteiger partial charge in [-0.1, -0.05) is 37.8 Å². The number of oxime groups is 1. The highest BCUT2D eigenvalue weighted by Crippen LogP contribution is 2.13. The lowest BCUT2D eigenvalue weighted by molar-refractivity contribution is 0.321. The summed E-state index contributed by atoms with van der Waals surface area (Å²) in [5, 5.41) is 14.4. The van der Waals surface area contributed by atoms with Crippen LogP contribution in [0.15, 0.2) is 10.5 Å². The summed E-state index contributed by atoms with van der Waals surface area (Å²) < 4.78 is 0. The normalized spacial score (nSPS) is 11.3. The first-order valence-corrected chi connectivity index (χ1v) is 6.36. The summed E-state index contributed by atoms with van der Waals surface area (Å²) in [4.78, 5) is 4.33. The Labute approximate surface area is 94.9 Å². The summed E-state index contributed by atoms with van der Waals surface area (Å²) in [5.74, 6) is 0. The van der Waals surface area contributed by atoms with Gasteiger partial charge in [0.15, 0.2) is 0 Å². The monoisotopic (exact) mass is 226 g/mol. The van der Waals surface area contributed by atoms with Crippen molar-refractivity contribution in [2.45, 2.75) is 45.4 Å². The second-order valence-electron chi connectivity index (χ2n) is 3.57. The van der Waals surface area contributed by atoms with E-state index in [0.29, 0.717) is 0 Å². The van der Waals surface area contributed by atoms with Crippen LogP contribution in [0.1, 0.15) is 49.7 Å². The first-order valence-electron chi connectivity index (χ1n) is 5.48. The highest BCUT2D eigenvalue weighted by molar-refractivity contribution is 7.09. The molecule has 1 heterocycles. The Bertz CT molecular complexity index is 297. The van der Waals surface area contributed by atoms with E-state index in [-0.39, 0.29) is 0 Å². The van der Waals surface area contributed by atoms with Gasteiger partial charge in [-0.15, -0.1) is 11.3 Å². The van der Waals surface area contributed by atoms with Crippen molar-refractivity contribution in [2.75, 3.05) is 0 Å². The first kappa shape index (κ1) is 12.2. The predicted molar refractivity (Wildman–Crippen MR) is 64.0 cm³/mol. The molecule has 0 spiro atoms. The molecule has 15 heavy (non-hydrogen) atoms. The van der Waals surface area contributed by atoms with Gasteiger partial charge in [0.2, 0.25) is 0 Å². The van der Waals surface area contributed by atoms with Crippen molar-refractivity contribution in [3.8, 4) is 0 Å². The fraction of sp³-hybridized carbons (Fsp3) is 0.636. The van der Waals surface area contributed by atoms with Gasteiger partial charge in [-0.2, -0.15) is 0 Å². The van der Waals surface area contributed by atoms with E-state index in [9.17, 15) is 0 Å². The minimum atomic E-state index is 0.756. The Kier molecular flexibility index (Phi) is 6.00. The minimum Gasteiger partial charge on any atom is -0.411 e. The van der Waals surface area contributed by atoms with Crippen LogP contribution in [0.2, 0.25) is 0 Å². The molecule has 1 aromatic heterocycles. The van der Waals surface area contributed by atoms with Gasteiger partial charge >= 0.3 is 0 Å². The predicted octanol–water partition coefficient (Wildman–Crippen LogP) is 3.46. The number of rotatable bonds is 7. The van der Waals surface area contributed by atoms with Gasteiger partial charge in [-0.3, -0.25) is 0 Å². The molecule has 0 aromatic carbocycles. The van der Waals surface area contributed by atoms with E-state index in [1.165, 1.54) is 38.3 Å². The number of unbranched alkanes of at least 4 members (excludes halogenated alkanes) is 4. The number of hydrogen-bond donors (Lipinski definition) is 1. The molecule has 0 aliphatic heterocycles. The topological polar surface area (TPSA) is 45.5 Å². The van der Waals surface area contributed by atoms with Crippen molar-refractivity contribution < 1.29 is 5.21 Å². The quantitative estimate of drug-likeness (QED) is 0.335. The van der Waals surface area contributed by atoms with E-state index in [1.807, 2.05) is 5.38 Å². The van der Waals surface area contributed by atoms with Crippen LogP contribution in [-0.4, -0.2) is 16.4 Å². The smallest absolute Gasteiger partial charge is 0.0958 e. The van der Waals surface area contributed by atoms with Gasteiger partial charge in [-0.05, 0) is 12.8 Å². The highest BCUT2D eigenvalue weighted by Gasteiger charge is 1.99. The van der Waals surface area contributed by atoms with Crippen LogP contribution >= 0.6 is 11.3 Å². The second kappa shape index (κ2) is 7.40. The largest absolute Gasteiger partial charge is 0.411 e. The number of aryl methyl sites for hydroxylation is 1. The number of aromatic nitrogens is 1. The molecule has 0 fully saturated rings. The van der Waals surface area contributed by atoms with Crippen molar-refractivity contribution in [1.29, 1.82) is 0 Å². The van der Waals surface area contributed by atoms with Crippen molar-refractivity contribution in [3.63, 3.8) is 0 Å². The van der Waals surface area contributed by atoms with Gasteiger partial charge in [0, 0.05) is 5.38 Å². The third kappa shape index (κ3) is 4.93. The molecule has 0 aliphatic rings. The van der Waals surface area contributed by atoms with Crippen molar-refractivity contribution in [3.05, 3.63) is 16.1 Å². The minimum absolute atomic E-state index is 0.756. The standard InChI is InChI=1S/C11H18N2OS/c1-2-3-4-5-6-7-11-13-10(8-12-14)9-15-11/h8-9,14H,2-7H2,1H3/b12-8-. The fourth-order valence-corrected chi connectivity index (χ4v) is 2.23. The molecule has 0 aliphatic carbocycles. The lowest BCUT2D eigenvalue weighted by Crippen LogP contribution is -1.87. The van der Waals surface area contributed by atoms with Crippen LogP contribution in [0.3, 0.4) is 0 Å². The maximum absolute atomic E-state index is 8.34. The summed E-state index contributed by atoms with van der Waals surface area (Å²) in [6, 6.07) is 0. The van der Waals surface area contributed by atoms with E-state index in [0.717, 1.165) is 17.1 Å². The van der Waals surface area contributed by atoms with Crippen LogP contribution in [0.5, 0.6) is 0 Å². The van der Waals surface area contributed by atoms with E-state index in [4.69, 9.17) is 5.21 Å².